The Bertz CT molecular complexity index is 690. The highest BCUT2D eigenvalue weighted by Gasteiger charge is 2.07. The van der Waals surface area contributed by atoms with Gasteiger partial charge in [0, 0.05) is 24.5 Å². The summed E-state index contributed by atoms with van der Waals surface area (Å²) in [6.45, 7) is 0. The minimum atomic E-state index is -3.57. The number of benzene rings is 2. The Balaban J connectivity index is 0.000000220. The normalized spacial score (nSPS) is 11.0. The van der Waals surface area contributed by atoms with E-state index in [1.165, 1.54) is 23.9 Å². The van der Waals surface area contributed by atoms with Gasteiger partial charge in [-0.3, -0.25) is 0 Å². The van der Waals surface area contributed by atoms with Crippen LogP contribution in [-0.4, -0.2) is 12.6 Å². The molecule has 0 unspecified atom stereocenters. The maximum Gasteiger partial charge on any atom is 0.261 e. The molecule has 2 aromatic carbocycles. The zero-order valence-electron chi connectivity index (χ0n) is 10.7. The van der Waals surface area contributed by atoms with Gasteiger partial charge in [-0.25, -0.2) is 8.42 Å². The molecule has 2 aromatic rings. The molecule has 0 fully saturated rings. The van der Waals surface area contributed by atoms with Crippen LogP contribution in [0.2, 0.25) is 0 Å². The van der Waals surface area contributed by atoms with Crippen LogP contribution in [0.25, 0.3) is 0 Å². The molecule has 0 atom stereocenters. The fraction of sp³-hybridized carbons (Fsp3) is 0.0769. The molecule has 0 heterocycles. The Morgan fingerprint density at radius 1 is 0.864 bits per heavy atom. The van der Waals surface area contributed by atoms with Crippen molar-refractivity contribution in [2.75, 3.05) is 0 Å². The molecule has 0 aliphatic heterocycles. The largest absolute Gasteiger partial charge is 0.261 e. The van der Waals surface area contributed by atoms with Crippen LogP contribution in [0.15, 0.2) is 67.3 Å². The van der Waals surface area contributed by atoms with E-state index >= 15 is 0 Å². The van der Waals surface area contributed by atoms with Crippen molar-refractivity contribution in [2.45, 2.75) is 14.0 Å². The molecule has 0 saturated carbocycles. The summed E-state index contributed by atoms with van der Waals surface area (Å²) in [4.78, 5) is 1.19. The number of hydrogen-bond donors (Lipinski definition) is 0. The third-order valence-corrected chi connectivity index (χ3v) is 5.82. The summed E-state index contributed by atoms with van der Waals surface area (Å²) in [5.41, 5.74) is 0. The van der Waals surface area contributed by atoms with Gasteiger partial charge in [0.15, 0.2) is 4.17 Å². The minimum absolute atomic E-state index is 0.113. The Morgan fingerprint density at radius 3 is 1.64 bits per heavy atom. The third kappa shape index (κ3) is 8.43. The van der Waals surface area contributed by atoms with Gasteiger partial charge in [0.05, 0.1) is 4.90 Å². The average molecular weight is 528 g/mol. The molecular formula is C13H9Br2Cl3O2S2. The first kappa shape index (κ1) is 20.6. The Morgan fingerprint density at radius 2 is 1.27 bits per heavy atom. The van der Waals surface area contributed by atoms with Crippen LogP contribution >= 0.6 is 77.5 Å². The smallest absolute Gasteiger partial charge is 0.207 e. The SMILES string of the molecule is ClC(Cl)Sc1ccc(Br)cc1.O=S(=O)(Cl)c1ccc(Br)cc1. The molecule has 22 heavy (non-hydrogen) atoms. The predicted octanol–water partition coefficient (Wildman–Crippen LogP) is 6.68. The maximum atomic E-state index is 10.7. The zero-order valence-corrected chi connectivity index (χ0v) is 17.8. The van der Waals surface area contributed by atoms with E-state index in [4.69, 9.17) is 33.9 Å². The van der Waals surface area contributed by atoms with E-state index in [-0.39, 0.29) is 4.90 Å². The molecule has 0 amide bonds. The van der Waals surface area contributed by atoms with Crippen LogP contribution in [0.1, 0.15) is 0 Å². The van der Waals surface area contributed by atoms with Gasteiger partial charge in [-0.05, 0) is 48.5 Å². The average Bonchev–Trinajstić information content (AvgIpc) is 2.41. The first-order valence-corrected chi connectivity index (χ1v) is 11.2. The molecule has 0 N–H and O–H groups in total. The molecule has 0 saturated heterocycles. The Hall–Kier alpha value is 0.570. The molecular weight excluding hydrogens is 518 g/mol. The maximum absolute atomic E-state index is 10.7. The summed E-state index contributed by atoms with van der Waals surface area (Å²) in [6, 6.07) is 14.0. The summed E-state index contributed by atoms with van der Waals surface area (Å²) in [5, 5.41) is 0. The van der Waals surface area contributed by atoms with Crippen molar-refractivity contribution in [1.29, 1.82) is 0 Å². The van der Waals surface area contributed by atoms with Crippen LogP contribution in [0.4, 0.5) is 0 Å². The fourth-order valence-electron chi connectivity index (χ4n) is 1.21. The van der Waals surface area contributed by atoms with Crippen molar-refractivity contribution in [2.24, 2.45) is 0 Å². The van der Waals surface area contributed by atoms with Gasteiger partial charge in [-0.1, -0.05) is 66.8 Å². The topological polar surface area (TPSA) is 34.1 Å². The van der Waals surface area contributed by atoms with Crippen molar-refractivity contribution >= 4 is 86.6 Å². The summed E-state index contributed by atoms with van der Waals surface area (Å²) in [7, 11) is 1.50. The molecule has 2 nitrogen and oxygen atoms in total. The van der Waals surface area contributed by atoms with E-state index in [0.717, 1.165) is 13.8 Å². The lowest BCUT2D eigenvalue weighted by molar-refractivity contribution is 0.609. The van der Waals surface area contributed by atoms with E-state index in [1.54, 1.807) is 12.1 Å². The first-order valence-electron chi connectivity index (χ1n) is 5.59. The van der Waals surface area contributed by atoms with E-state index in [1.807, 2.05) is 24.3 Å². The second-order valence-corrected chi connectivity index (χ2v) is 10.9. The third-order valence-electron chi connectivity index (χ3n) is 2.13. The molecule has 2 rings (SSSR count). The van der Waals surface area contributed by atoms with Gasteiger partial charge in [0.25, 0.3) is 9.05 Å². The van der Waals surface area contributed by atoms with E-state index < -0.39 is 13.2 Å². The Labute approximate surface area is 165 Å². The first-order chi connectivity index (χ1) is 10.2. The highest BCUT2D eigenvalue weighted by Crippen LogP contribution is 2.29. The van der Waals surface area contributed by atoms with E-state index in [2.05, 4.69) is 31.9 Å². The summed E-state index contributed by atoms with van der Waals surface area (Å²) < 4.78 is 22.9. The summed E-state index contributed by atoms with van der Waals surface area (Å²) >= 11 is 19.1. The van der Waals surface area contributed by atoms with Crippen molar-refractivity contribution in [3.05, 3.63) is 57.5 Å². The number of alkyl halides is 2. The monoisotopic (exact) mass is 524 g/mol. The molecule has 0 spiro atoms. The van der Waals surface area contributed by atoms with Crippen LogP contribution < -0.4 is 0 Å². The van der Waals surface area contributed by atoms with Crippen LogP contribution in [0, 0.1) is 0 Å². The van der Waals surface area contributed by atoms with Crippen LogP contribution in [0.5, 0.6) is 0 Å². The molecule has 120 valence electrons. The number of rotatable bonds is 3. The highest BCUT2D eigenvalue weighted by molar-refractivity contribution is 9.10. The molecule has 9 heteroatoms. The summed E-state index contributed by atoms with van der Waals surface area (Å²) in [6.07, 6.45) is 0. The highest BCUT2D eigenvalue weighted by atomic mass is 79.9. The van der Waals surface area contributed by atoms with Gasteiger partial charge in [-0.2, -0.15) is 0 Å². The lowest BCUT2D eigenvalue weighted by Crippen LogP contribution is -1.88. The van der Waals surface area contributed by atoms with Crippen molar-refractivity contribution in [3.8, 4) is 0 Å². The molecule has 0 aliphatic rings. The van der Waals surface area contributed by atoms with Crippen molar-refractivity contribution in [1.82, 2.24) is 0 Å². The zero-order chi connectivity index (χ0) is 16.8. The van der Waals surface area contributed by atoms with Gasteiger partial charge in [0.2, 0.25) is 0 Å². The quantitative estimate of drug-likeness (QED) is 0.254. The molecule has 0 aromatic heterocycles. The molecule has 0 aliphatic carbocycles. The second kappa shape index (κ2) is 9.77. The number of halogens is 5. The van der Waals surface area contributed by atoms with Gasteiger partial charge in [0.1, 0.15) is 0 Å². The van der Waals surface area contributed by atoms with Gasteiger partial charge >= 0.3 is 0 Å². The lowest BCUT2D eigenvalue weighted by Gasteiger charge is -2.00. The molecule has 0 radical (unpaired) electrons. The summed E-state index contributed by atoms with van der Waals surface area (Å²) in [5.74, 6) is 0. The standard InChI is InChI=1S/C7H5BrCl2S.C6H4BrClO2S/c8-5-1-3-6(4-2-5)11-7(9)10;7-5-1-3-6(4-2-5)11(8,9)10/h1-4,7H;1-4H. The van der Waals surface area contributed by atoms with Gasteiger partial charge in [-0.15, -0.1) is 0 Å². The lowest BCUT2D eigenvalue weighted by atomic mass is 10.4. The minimum Gasteiger partial charge on any atom is -0.207 e. The van der Waals surface area contributed by atoms with Crippen LogP contribution in [0.3, 0.4) is 0 Å². The predicted molar refractivity (Wildman–Crippen MR) is 103 cm³/mol. The molecule has 0 bridgehead atoms. The van der Waals surface area contributed by atoms with Crippen molar-refractivity contribution < 1.29 is 8.42 Å². The van der Waals surface area contributed by atoms with Crippen molar-refractivity contribution in [3.63, 3.8) is 0 Å². The number of thioether (sulfide) groups is 1. The van der Waals surface area contributed by atoms with Crippen LogP contribution in [-0.2, 0) is 9.05 Å². The van der Waals surface area contributed by atoms with Gasteiger partial charge < -0.3 is 0 Å². The van der Waals surface area contributed by atoms with E-state index in [0.29, 0.717) is 0 Å². The fourth-order valence-corrected chi connectivity index (χ4v) is 3.63. The second-order valence-electron chi connectivity index (χ2n) is 3.72. The Kier molecular flexibility index (Phi) is 9.15. The van der Waals surface area contributed by atoms with E-state index in [9.17, 15) is 8.42 Å². The number of hydrogen-bond acceptors (Lipinski definition) is 3.